The van der Waals surface area contributed by atoms with Gasteiger partial charge in [-0.1, -0.05) is 12.2 Å². The van der Waals surface area contributed by atoms with Gasteiger partial charge in [-0.25, -0.2) is 9.78 Å². The first kappa shape index (κ1) is 4.53. The first-order chi connectivity index (χ1) is 3.95. The van der Waals surface area contributed by atoms with E-state index >= 15 is 0 Å². The minimum absolute atomic E-state index is 0.133. The summed E-state index contributed by atoms with van der Waals surface area (Å²) in [5.41, 5.74) is 0. The second-order valence-electron chi connectivity index (χ2n) is 2.05. The van der Waals surface area contributed by atoms with Crippen molar-refractivity contribution in [3.05, 3.63) is 18.6 Å². The quantitative estimate of drug-likeness (QED) is 0.341. The molecule has 1 aliphatic carbocycles. The van der Waals surface area contributed by atoms with Crippen molar-refractivity contribution in [1.82, 2.24) is 0 Å². The molecule has 0 N–H and O–H groups in total. The first-order valence-electron chi connectivity index (χ1n) is 2.79. The molecule has 2 aliphatic rings. The Morgan fingerprint density at radius 1 is 1.38 bits per heavy atom. The molecule has 0 aromatic rings. The lowest BCUT2D eigenvalue weighted by atomic mass is 10.0. The second kappa shape index (κ2) is 1.57. The van der Waals surface area contributed by atoms with Gasteiger partial charge in [0, 0.05) is 6.42 Å². The molecule has 0 aromatic heterocycles. The molecule has 2 unspecified atom stereocenters. The summed E-state index contributed by atoms with van der Waals surface area (Å²) in [6.45, 7) is 0. The van der Waals surface area contributed by atoms with E-state index in [1.54, 1.807) is 0 Å². The van der Waals surface area contributed by atoms with Crippen LogP contribution in [0.1, 0.15) is 6.42 Å². The van der Waals surface area contributed by atoms with Crippen LogP contribution in [0.5, 0.6) is 0 Å². The molecule has 2 atom stereocenters. The van der Waals surface area contributed by atoms with Crippen molar-refractivity contribution < 1.29 is 9.78 Å². The van der Waals surface area contributed by atoms with Gasteiger partial charge in [-0.05, 0) is 6.42 Å². The van der Waals surface area contributed by atoms with Crippen LogP contribution >= 0.6 is 0 Å². The van der Waals surface area contributed by atoms with Crippen molar-refractivity contribution in [2.75, 3.05) is 0 Å². The van der Waals surface area contributed by atoms with E-state index in [9.17, 15) is 0 Å². The fourth-order valence-corrected chi connectivity index (χ4v) is 0.972. The van der Waals surface area contributed by atoms with E-state index in [2.05, 4.69) is 12.5 Å². The van der Waals surface area contributed by atoms with E-state index in [0.29, 0.717) is 0 Å². The SMILES string of the molecule is [CH]1C2C=CCC1OO2. The summed E-state index contributed by atoms with van der Waals surface area (Å²) >= 11 is 0. The molecule has 1 heterocycles. The van der Waals surface area contributed by atoms with Crippen LogP contribution < -0.4 is 0 Å². The molecule has 43 valence electrons. The Kier molecular flexibility index (Phi) is 0.889. The lowest BCUT2D eigenvalue weighted by Gasteiger charge is -2.03. The third kappa shape index (κ3) is 0.572. The van der Waals surface area contributed by atoms with Crippen LogP contribution in [0.15, 0.2) is 12.2 Å². The Hall–Kier alpha value is -0.340. The average molecular weight is 111 g/mol. The first-order valence-corrected chi connectivity index (χ1v) is 2.79. The van der Waals surface area contributed by atoms with Crippen molar-refractivity contribution in [2.45, 2.75) is 18.6 Å². The Morgan fingerprint density at radius 2 is 2.38 bits per heavy atom. The maximum absolute atomic E-state index is 4.86. The largest absolute Gasteiger partial charge is 0.232 e. The Morgan fingerprint density at radius 3 is 3.12 bits per heavy atom. The van der Waals surface area contributed by atoms with E-state index in [0.717, 1.165) is 6.42 Å². The Bertz CT molecular complexity index is 120. The summed E-state index contributed by atoms with van der Waals surface area (Å²) in [6, 6.07) is 0. The van der Waals surface area contributed by atoms with Gasteiger partial charge < -0.3 is 0 Å². The summed E-state index contributed by atoms with van der Waals surface area (Å²) < 4.78 is 0. The van der Waals surface area contributed by atoms with E-state index in [-0.39, 0.29) is 12.2 Å². The maximum atomic E-state index is 4.86. The number of hydrogen-bond donors (Lipinski definition) is 0. The average Bonchev–Trinajstić information content (AvgIpc) is 2.12. The van der Waals surface area contributed by atoms with Crippen LogP contribution in [0.2, 0.25) is 0 Å². The topological polar surface area (TPSA) is 18.5 Å². The predicted octanol–water partition coefficient (Wildman–Crippen LogP) is 0.850. The smallest absolute Gasteiger partial charge is 0.117 e. The van der Waals surface area contributed by atoms with Crippen LogP contribution in [-0.4, -0.2) is 12.2 Å². The molecule has 1 aliphatic heterocycles. The summed E-state index contributed by atoms with van der Waals surface area (Å²) in [5, 5.41) is 0. The minimum atomic E-state index is 0.133. The van der Waals surface area contributed by atoms with Gasteiger partial charge in [-0.2, -0.15) is 0 Å². The van der Waals surface area contributed by atoms with E-state index < -0.39 is 0 Å². The molecule has 1 radical (unpaired) electrons. The molecule has 0 aromatic carbocycles. The molecule has 0 amide bonds. The molecular weight excluding hydrogens is 104 g/mol. The molecule has 2 heteroatoms. The third-order valence-corrected chi connectivity index (χ3v) is 1.39. The number of hydrogen-bond acceptors (Lipinski definition) is 2. The van der Waals surface area contributed by atoms with E-state index in [1.165, 1.54) is 0 Å². The standard InChI is InChI=1S/C6H7O2/c1-2-5-4-6(3-1)8-7-5/h1-2,4-6H,3H2. The molecule has 2 nitrogen and oxygen atoms in total. The van der Waals surface area contributed by atoms with Gasteiger partial charge in [0.1, 0.15) is 12.2 Å². The highest BCUT2D eigenvalue weighted by molar-refractivity contribution is 5.09. The number of fused-ring (bicyclic) bond motifs is 2. The van der Waals surface area contributed by atoms with Crippen molar-refractivity contribution in [3.63, 3.8) is 0 Å². The van der Waals surface area contributed by atoms with Crippen LogP contribution in [0.25, 0.3) is 0 Å². The van der Waals surface area contributed by atoms with Gasteiger partial charge in [-0.3, -0.25) is 0 Å². The Labute approximate surface area is 48.0 Å². The zero-order chi connectivity index (χ0) is 5.40. The van der Waals surface area contributed by atoms with Gasteiger partial charge in [0.15, 0.2) is 0 Å². The van der Waals surface area contributed by atoms with Gasteiger partial charge in [0.25, 0.3) is 0 Å². The summed E-state index contributed by atoms with van der Waals surface area (Å²) in [4.78, 5) is 9.69. The summed E-state index contributed by atoms with van der Waals surface area (Å²) in [6.07, 6.45) is 7.47. The van der Waals surface area contributed by atoms with Crippen LogP contribution in [0.4, 0.5) is 0 Å². The maximum Gasteiger partial charge on any atom is 0.117 e. The molecule has 2 bridgehead atoms. The Balaban J connectivity index is 2.17. The van der Waals surface area contributed by atoms with Gasteiger partial charge in [0.05, 0.1) is 0 Å². The van der Waals surface area contributed by atoms with Crippen molar-refractivity contribution in [1.29, 1.82) is 0 Å². The van der Waals surface area contributed by atoms with E-state index in [1.807, 2.05) is 6.08 Å². The summed E-state index contributed by atoms with van der Waals surface area (Å²) in [5.74, 6) is 0. The van der Waals surface area contributed by atoms with E-state index in [4.69, 9.17) is 9.78 Å². The highest BCUT2D eigenvalue weighted by Gasteiger charge is 2.27. The molecule has 1 saturated heterocycles. The highest BCUT2D eigenvalue weighted by Crippen LogP contribution is 2.23. The second-order valence-corrected chi connectivity index (χ2v) is 2.05. The third-order valence-electron chi connectivity index (χ3n) is 1.39. The molecule has 0 spiro atoms. The highest BCUT2D eigenvalue weighted by atomic mass is 17.2. The minimum Gasteiger partial charge on any atom is -0.232 e. The fraction of sp³-hybridized carbons (Fsp3) is 0.500. The molecule has 2 rings (SSSR count). The van der Waals surface area contributed by atoms with Gasteiger partial charge >= 0.3 is 0 Å². The monoisotopic (exact) mass is 111 g/mol. The van der Waals surface area contributed by atoms with Crippen molar-refractivity contribution >= 4 is 0 Å². The molecule has 0 saturated carbocycles. The number of rotatable bonds is 0. The molecular formula is C6H7O2. The zero-order valence-corrected chi connectivity index (χ0v) is 4.41. The lowest BCUT2D eigenvalue weighted by Crippen LogP contribution is -2.09. The fourth-order valence-electron chi connectivity index (χ4n) is 0.972. The predicted molar refractivity (Wildman–Crippen MR) is 27.8 cm³/mol. The van der Waals surface area contributed by atoms with Crippen molar-refractivity contribution in [3.8, 4) is 0 Å². The normalized spacial score (nSPS) is 43.0. The van der Waals surface area contributed by atoms with Crippen LogP contribution in [0.3, 0.4) is 0 Å². The zero-order valence-electron chi connectivity index (χ0n) is 4.41. The van der Waals surface area contributed by atoms with Crippen molar-refractivity contribution in [2.24, 2.45) is 0 Å². The van der Waals surface area contributed by atoms with Gasteiger partial charge in [-0.15, -0.1) is 0 Å². The van der Waals surface area contributed by atoms with Crippen LogP contribution in [-0.2, 0) is 9.78 Å². The van der Waals surface area contributed by atoms with Crippen LogP contribution in [0, 0.1) is 6.42 Å². The van der Waals surface area contributed by atoms with Gasteiger partial charge in [0.2, 0.25) is 0 Å². The lowest BCUT2D eigenvalue weighted by molar-refractivity contribution is -0.285. The summed E-state index contributed by atoms with van der Waals surface area (Å²) in [7, 11) is 0. The molecule has 1 fully saturated rings. The molecule has 8 heavy (non-hydrogen) atoms.